The van der Waals surface area contributed by atoms with Crippen LogP contribution in [-0.4, -0.2) is 35.2 Å². The van der Waals surface area contributed by atoms with E-state index >= 15 is 0 Å². The molecule has 2 unspecified atom stereocenters. The second kappa shape index (κ2) is 8.76. The fourth-order valence-corrected chi connectivity index (χ4v) is 4.52. The maximum Gasteiger partial charge on any atom is 0.329 e. The van der Waals surface area contributed by atoms with Gasteiger partial charge in [0.2, 0.25) is 0 Å². The quantitative estimate of drug-likeness (QED) is 0.674. The highest BCUT2D eigenvalue weighted by Crippen LogP contribution is 2.43. The van der Waals surface area contributed by atoms with Crippen molar-refractivity contribution in [2.75, 3.05) is 12.4 Å². The summed E-state index contributed by atoms with van der Waals surface area (Å²) in [7, 11) is 0. The number of carbonyl (C=O) groups excluding carboxylic acids is 2. The van der Waals surface area contributed by atoms with Gasteiger partial charge in [0.05, 0.1) is 17.2 Å². The van der Waals surface area contributed by atoms with Crippen molar-refractivity contribution in [2.24, 2.45) is 0 Å². The SMILES string of the molecule is CCCOC(=O)C1CSC(c2ccc(F)cc2)N1C(=O)c1ccccc1Cl. The lowest BCUT2D eigenvalue weighted by atomic mass is 10.1. The van der Waals surface area contributed by atoms with E-state index in [2.05, 4.69) is 0 Å². The molecule has 1 amide bonds. The summed E-state index contributed by atoms with van der Waals surface area (Å²) in [6.45, 7) is 2.21. The number of hydrogen-bond acceptors (Lipinski definition) is 4. The van der Waals surface area contributed by atoms with Crippen LogP contribution < -0.4 is 0 Å². The molecular formula is C20H19ClFNO3S. The van der Waals surface area contributed by atoms with E-state index in [0.29, 0.717) is 29.4 Å². The molecule has 0 aromatic heterocycles. The van der Waals surface area contributed by atoms with E-state index in [1.807, 2.05) is 6.92 Å². The first kappa shape index (κ1) is 19.7. The van der Waals surface area contributed by atoms with E-state index in [4.69, 9.17) is 16.3 Å². The number of halogens is 2. The van der Waals surface area contributed by atoms with Crippen LogP contribution in [0.4, 0.5) is 4.39 Å². The number of rotatable bonds is 5. The van der Waals surface area contributed by atoms with Crippen LogP contribution in [0.15, 0.2) is 48.5 Å². The van der Waals surface area contributed by atoms with Crippen molar-refractivity contribution < 1.29 is 18.7 Å². The molecule has 27 heavy (non-hydrogen) atoms. The van der Waals surface area contributed by atoms with Gasteiger partial charge in [0.1, 0.15) is 17.2 Å². The summed E-state index contributed by atoms with van der Waals surface area (Å²) in [6, 6.07) is 11.9. The van der Waals surface area contributed by atoms with Crippen LogP contribution in [-0.2, 0) is 9.53 Å². The Morgan fingerprint density at radius 1 is 1.22 bits per heavy atom. The Hall–Kier alpha value is -2.05. The summed E-state index contributed by atoms with van der Waals surface area (Å²) in [5.41, 5.74) is 1.06. The molecule has 0 aliphatic carbocycles. The number of benzene rings is 2. The van der Waals surface area contributed by atoms with E-state index in [0.717, 1.165) is 5.56 Å². The normalized spacial score (nSPS) is 19.1. The summed E-state index contributed by atoms with van der Waals surface area (Å²) in [4.78, 5) is 27.3. The predicted molar refractivity (Wildman–Crippen MR) is 104 cm³/mol. The summed E-state index contributed by atoms with van der Waals surface area (Å²) in [6.07, 6.45) is 0.700. The molecule has 2 aromatic carbocycles. The van der Waals surface area contributed by atoms with Crippen molar-refractivity contribution >= 4 is 35.2 Å². The Morgan fingerprint density at radius 3 is 2.59 bits per heavy atom. The molecule has 2 atom stereocenters. The number of amides is 1. The number of ether oxygens (including phenoxy) is 1. The van der Waals surface area contributed by atoms with Gasteiger partial charge >= 0.3 is 5.97 Å². The van der Waals surface area contributed by atoms with Crippen molar-refractivity contribution in [3.8, 4) is 0 Å². The first-order valence-electron chi connectivity index (χ1n) is 8.63. The molecule has 7 heteroatoms. The lowest BCUT2D eigenvalue weighted by Crippen LogP contribution is -2.44. The van der Waals surface area contributed by atoms with E-state index in [9.17, 15) is 14.0 Å². The molecular weight excluding hydrogens is 389 g/mol. The predicted octanol–water partition coefficient (Wildman–Crippen LogP) is 4.69. The molecule has 1 heterocycles. The first-order chi connectivity index (χ1) is 13.0. The average molecular weight is 408 g/mol. The summed E-state index contributed by atoms with van der Waals surface area (Å²) >= 11 is 7.65. The van der Waals surface area contributed by atoms with Crippen molar-refractivity contribution in [3.05, 3.63) is 70.5 Å². The van der Waals surface area contributed by atoms with Crippen molar-refractivity contribution in [2.45, 2.75) is 24.8 Å². The molecule has 2 aromatic rings. The molecule has 142 valence electrons. The van der Waals surface area contributed by atoms with Crippen LogP contribution in [0.5, 0.6) is 0 Å². The zero-order chi connectivity index (χ0) is 19.4. The van der Waals surface area contributed by atoms with Gasteiger partial charge in [0, 0.05) is 5.75 Å². The monoisotopic (exact) mass is 407 g/mol. The van der Waals surface area contributed by atoms with E-state index in [-0.39, 0.29) is 11.7 Å². The molecule has 0 saturated carbocycles. The van der Waals surface area contributed by atoms with E-state index < -0.39 is 17.4 Å². The molecule has 1 fully saturated rings. The Bertz CT molecular complexity index is 830. The van der Waals surface area contributed by atoms with Crippen LogP contribution in [0.2, 0.25) is 5.02 Å². The topological polar surface area (TPSA) is 46.6 Å². The maximum absolute atomic E-state index is 13.3. The Balaban J connectivity index is 1.96. The van der Waals surface area contributed by atoms with Gasteiger partial charge in [0.15, 0.2) is 0 Å². The standard InChI is InChI=1S/C20H19ClFNO3S/c1-2-11-26-20(25)17-12-27-19(13-7-9-14(22)10-8-13)23(17)18(24)15-5-3-4-6-16(15)21/h3-10,17,19H,2,11-12H2,1H3. The molecule has 1 aliphatic rings. The van der Waals surface area contributed by atoms with Gasteiger partial charge in [-0.15, -0.1) is 11.8 Å². The third kappa shape index (κ3) is 4.28. The Morgan fingerprint density at radius 2 is 1.93 bits per heavy atom. The Kier molecular flexibility index (Phi) is 6.39. The van der Waals surface area contributed by atoms with Gasteiger partial charge in [-0.25, -0.2) is 9.18 Å². The van der Waals surface area contributed by atoms with Crippen LogP contribution in [0.3, 0.4) is 0 Å². The number of thioether (sulfide) groups is 1. The zero-order valence-corrected chi connectivity index (χ0v) is 16.3. The minimum Gasteiger partial charge on any atom is -0.464 e. The van der Waals surface area contributed by atoms with Crippen molar-refractivity contribution in [1.82, 2.24) is 4.90 Å². The molecule has 0 N–H and O–H groups in total. The zero-order valence-electron chi connectivity index (χ0n) is 14.7. The summed E-state index contributed by atoms with van der Waals surface area (Å²) in [5, 5.41) is -0.105. The largest absolute Gasteiger partial charge is 0.464 e. The minimum atomic E-state index is -0.722. The summed E-state index contributed by atoms with van der Waals surface area (Å²) in [5.74, 6) is -0.738. The van der Waals surface area contributed by atoms with E-state index in [1.54, 1.807) is 36.4 Å². The second-order valence-electron chi connectivity index (χ2n) is 6.11. The van der Waals surface area contributed by atoms with Crippen LogP contribution in [0, 0.1) is 5.82 Å². The van der Waals surface area contributed by atoms with Gasteiger partial charge in [-0.1, -0.05) is 42.8 Å². The fraction of sp³-hybridized carbons (Fsp3) is 0.300. The lowest BCUT2D eigenvalue weighted by Gasteiger charge is -2.29. The number of esters is 1. The average Bonchev–Trinajstić information content (AvgIpc) is 3.11. The van der Waals surface area contributed by atoms with Crippen LogP contribution in [0.1, 0.15) is 34.6 Å². The highest BCUT2D eigenvalue weighted by atomic mass is 35.5. The van der Waals surface area contributed by atoms with Gasteiger partial charge in [0.25, 0.3) is 5.91 Å². The highest BCUT2D eigenvalue weighted by Gasteiger charge is 2.43. The smallest absolute Gasteiger partial charge is 0.329 e. The molecule has 0 radical (unpaired) electrons. The number of carbonyl (C=O) groups is 2. The van der Waals surface area contributed by atoms with Gasteiger partial charge in [-0.2, -0.15) is 0 Å². The second-order valence-corrected chi connectivity index (χ2v) is 7.63. The van der Waals surface area contributed by atoms with Crippen LogP contribution >= 0.6 is 23.4 Å². The van der Waals surface area contributed by atoms with Gasteiger partial charge in [-0.3, -0.25) is 4.79 Å². The lowest BCUT2D eigenvalue weighted by molar-refractivity contribution is -0.148. The third-order valence-corrected chi connectivity index (χ3v) is 5.87. The van der Waals surface area contributed by atoms with Crippen molar-refractivity contribution in [1.29, 1.82) is 0 Å². The molecule has 3 rings (SSSR count). The molecule has 1 saturated heterocycles. The summed E-state index contributed by atoms with van der Waals surface area (Å²) < 4.78 is 18.6. The molecule has 0 spiro atoms. The van der Waals surface area contributed by atoms with Crippen molar-refractivity contribution in [3.63, 3.8) is 0 Å². The number of nitrogens with zero attached hydrogens (tertiary/aromatic N) is 1. The number of hydrogen-bond donors (Lipinski definition) is 0. The highest BCUT2D eigenvalue weighted by molar-refractivity contribution is 7.99. The maximum atomic E-state index is 13.3. The van der Waals surface area contributed by atoms with Crippen LogP contribution in [0.25, 0.3) is 0 Å². The molecule has 0 bridgehead atoms. The third-order valence-electron chi connectivity index (χ3n) is 4.21. The molecule has 1 aliphatic heterocycles. The van der Waals surface area contributed by atoms with E-state index in [1.165, 1.54) is 28.8 Å². The van der Waals surface area contributed by atoms with Gasteiger partial charge < -0.3 is 9.64 Å². The minimum absolute atomic E-state index is 0.301. The molecule has 4 nitrogen and oxygen atoms in total. The van der Waals surface area contributed by atoms with Gasteiger partial charge in [-0.05, 0) is 36.2 Å². The first-order valence-corrected chi connectivity index (χ1v) is 10.1. The Labute approximate surface area is 166 Å². The fourth-order valence-electron chi connectivity index (χ4n) is 2.89.